The molecular weight excluding hydrogens is 294 g/mol. The average molecular weight is 312 g/mol. The van der Waals surface area contributed by atoms with Gasteiger partial charge in [0.25, 0.3) is 0 Å². The molecule has 6 heteroatoms. The van der Waals surface area contributed by atoms with E-state index in [4.69, 9.17) is 21.1 Å². The van der Waals surface area contributed by atoms with Crippen LogP contribution in [0.25, 0.3) is 0 Å². The Hall–Kier alpha value is -1.59. The highest BCUT2D eigenvalue weighted by Gasteiger charge is 2.40. The Balaban J connectivity index is 1.93. The normalized spacial score (nSPS) is 17.0. The maximum absolute atomic E-state index is 12.0. The van der Waals surface area contributed by atoms with Gasteiger partial charge in [0.1, 0.15) is 12.1 Å². The zero-order valence-electron chi connectivity index (χ0n) is 11.6. The number of Topliss-reactive ketones (excluding diaryl/α,β-unsaturated/α-hetero) is 1. The Labute approximate surface area is 128 Å². The molecule has 1 saturated heterocycles. The Morgan fingerprint density at radius 3 is 2.52 bits per heavy atom. The first-order valence-electron chi connectivity index (χ1n) is 6.82. The molecule has 0 saturated carbocycles. The minimum absolute atomic E-state index is 0.140. The summed E-state index contributed by atoms with van der Waals surface area (Å²) < 4.78 is 10.4. The average Bonchev–Trinajstić information content (AvgIpc) is 2.54. The van der Waals surface area contributed by atoms with Crippen molar-refractivity contribution in [1.82, 2.24) is 5.32 Å². The predicted molar refractivity (Wildman–Crippen MR) is 78.3 cm³/mol. The number of carbonyl (C=O) groups is 2. The summed E-state index contributed by atoms with van der Waals surface area (Å²) in [5.74, 6) is -0.344. The van der Waals surface area contributed by atoms with Crippen LogP contribution in [0, 0.1) is 0 Å². The smallest absolute Gasteiger partial charge is 0.408 e. The third kappa shape index (κ3) is 4.19. The first-order valence-corrected chi connectivity index (χ1v) is 7.36. The Morgan fingerprint density at radius 1 is 1.24 bits per heavy atom. The minimum Gasteiger partial charge on any atom is -0.445 e. The molecule has 0 spiro atoms. The molecule has 1 aromatic rings. The molecule has 0 aliphatic carbocycles. The van der Waals surface area contributed by atoms with Gasteiger partial charge in [-0.3, -0.25) is 4.79 Å². The minimum atomic E-state index is -0.965. The molecule has 0 atom stereocenters. The van der Waals surface area contributed by atoms with Gasteiger partial charge < -0.3 is 14.8 Å². The maximum atomic E-state index is 12.0. The van der Waals surface area contributed by atoms with Crippen LogP contribution in [0.1, 0.15) is 18.4 Å². The molecule has 1 aromatic carbocycles. The number of nitrogens with one attached hydrogen (secondary N) is 1. The van der Waals surface area contributed by atoms with E-state index < -0.39 is 11.6 Å². The number of carbonyl (C=O) groups excluding carboxylic acids is 2. The van der Waals surface area contributed by atoms with Crippen molar-refractivity contribution in [1.29, 1.82) is 0 Å². The van der Waals surface area contributed by atoms with Crippen LogP contribution in [-0.4, -0.2) is 36.5 Å². The number of hydrogen-bond acceptors (Lipinski definition) is 4. The Morgan fingerprint density at radius 2 is 1.90 bits per heavy atom. The zero-order chi connectivity index (χ0) is 15.1. The van der Waals surface area contributed by atoms with Gasteiger partial charge in [0.05, 0.1) is 5.88 Å². The molecule has 21 heavy (non-hydrogen) atoms. The van der Waals surface area contributed by atoms with Gasteiger partial charge in [-0.1, -0.05) is 30.3 Å². The van der Waals surface area contributed by atoms with Gasteiger partial charge in [0.2, 0.25) is 0 Å². The topological polar surface area (TPSA) is 64.6 Å². The summed E-state index contributed by atoms with van der Waals surface area (Å²) in [6, 6.07) is 9.35. The summed E-state index contributed by atoms with van der Waals surface area (Å²) in [6.45, 7) is 0.998. The highest BCUT2D eigenvalue weighted by molar-refractivity contribution is 6.29. The van der Waals surface area contributed by atoms with E-state index in [9.17, 15) is 9.59 Å². The number of alkyl carbamates (subject to hydrolysis) is 1. The van der Waals surface area contributed by atoms with E-state index in [1.165, 1.54) is 0 Å². The molecule has 1 aliphatic heterocycles. The van der Waals surface area contributed by atoms with E-state index in [0.717, 1.165) is 5.56 Å². The lowest BCUT2D eigenvalue weighted by molar-refractivity contribution is -0.126. The van der Waals surface area contributed by atoms with Crippen molar-refractivity contribution < 1.29 is 19.1 Å². The van der Waals surface area contributed by atoms with Crippen LogP contribution in [0.15, 0.2) is 30.3 Å². The van der Waals surface area contributed by atoms with Crippen molar-refractivity contribution in [3.05, 3.63) is 35.9 Å². The monoisotopic (exact) mass is 311 g/mol. The number of hydrogen-bond donors (Lipinski definition) is 1. The third-order valence-electron chi connectivity index (χ3n) is 3.56. The number of ether oxygens (including phenoxy) is 2. The van der Waals surface area contributed by atoms with E-state index in [1.807, 2.05) is 30.3 Å². The van der Waals surface area contributed by atoms with Crippen LogP contribution in [0.5, 0.6) is 0 Å². The first-order chi connectivity index (χ1) is 10.2. The third-order valence-corrected chi connectivity index (χ3v) is 3.80. The standard InChI is InChI=1S/C15H18ClNO4/c16-10-13(18)15(6-8-20-9-7-15)17-14(19)21-11-12-4-2-1-3-5-12/h1-5H,6-11H2,(H,17,19). The lowest BCUT2D eigenvalue weighted by Gasteiger charge is -2.35. The van der Waals surface area contributed by atoms with E-state index in [-0.39, 0.29) is 18.3 Å². The lowest BCUT2D eigenvalue weighted by Crippen LogP contribution is -2.58. The number of rotatable bonds is 5. The van der Waals surface area contributed by atoms with Crippen LogP contribution < -0.4 is 5.32 Å². The molecule has 0 radical (unpaired) electrons. The van der Waals surface area contributed by atoms with Gasteiger partial charge in [0.15, 0.2) is 5.78 Å². The van der Waals surface area contributed by atoms with Gasteiger partial charge in [-0.15, -0.1) is 11.6 Å². The van der Waals surface area contributed by atoms with Crippen LogP contribution in [0.3, 0.4) is 0 Å². The molecule has 0 unspecified atom stereocenters. The molecule has 5 nitrogen and oxygen atoms in total. The van der Waals surface area contributed by atoms with Crippen LogP contribution in [0.2, 0.25) is 0 Å². The van der Waals surface area contributed by atoms with Crippen molar-refractivity contribution in [2.75, 3.05) is 19.1 Å². The van der Waals surface area contributed by atoms with Gasteiger partial charge in [-0.05, 0) is 5.56 Å². The number of benzene rings is 1. The molecule has 1 fully saturated rings. The van der Waals surface area contributed by atoms with Gasteiger partial charge >= 0.3 is 6.09 Å². The van der Waals surface area contributed by atoms with Crippen molar-refractivity contribution in [3.8, 4) is 0 Å². The largest absolute Gasteiger partial charge is 0.445 e. The quantitative estimate of drug-likeness (QED) is 0.847. The highest BCUT2D eigenvalue weighted by Crippen LogP contribution is 2.23. The molecule has 0 bridgehead atoms. The van der Waals surface area contributed by atoms with Crippen molar-refractivity contribution in [2.24, 2.45) is 0 Å². The second-order valence-corrected chi connectivity index (χ2v) is 5.21. The number of ketones is 1. The summed E-state index contributed by atoms with van der Waals surface area (Å²) in [5, 5.41) is 2.68. The second-order valence-electron chi connectivity index (χ2n) is 4.94. The fourth-order valence-electron chi connectivity index (χ4n) is 2.28. The van der Waals surface area contributed by atoms with Crippen molar-refractivity contribution in [2.45, 2.75) is 25.0 Å². The molecule has 1 heterocycles. The molecule has 1 N–H and O–H groups in total. The van der Waals surface area contributed by atoms with Crippen LogP contribution >= 0.6 is 11.6 Å². The summed E-state index contributed by atoms with van der Waals surface area (Å²) in [5.41, 5.74) is -0.0781. The fourth-order valence-corrected chi connectivity index (χ4v) is 2.53. The summed E-state index contributed by atoms with van der Waals surface area (Å²) in [4.78, 5) is 24.0. The first kappa shape index (κ1) is 15.8. The number of amides is 1. The summed E-state index contributed by atoms with van der Waals surface area (Å²) >= 11 is 5.65. The van der Waals surface area contributed by atoms with Gasteiger partial charge in [0, 0.05) is 26.1 Å². The van der Waals surface area contributed by atoms with Crippen LogP contribution in [0.4, 0.5) is 4.79 Å². The lowest BCUT2D eigenvalue weighted by atomic mass is 9.86. The van der Waals surface area contributed by atoms with E-state index >= 15 is 0 Å². The summed E-state index contributed by atoms with van der Waals surface area (Å²) in [6.07, 6.45) is 0.219. The highest BCUT2D eigenvalue weighted by atomic mass is 35.5. The van der Waals surface area contributed by atoms with Gasteiger partial charge in [-0.2, -0.15) is 0 Å². The fraction of sp³-hybridized carbons (Fsp3) is 0.467. The number of alkyl halides is 1. The summed E-state index contributed by atoms with van der Waals surface area (Å²) in [7, 11) is 0. The zero-order valence-corrected chi connectivity index (χ0v) is 12.4. The second kappa shape index (κ2) is 7.43. The van der Waals surface area contributed by atoms with E-state index in [1.54, 1.807) is 0 Å². The SMILES string of the molecule is O=C(NC1(C(=O)CCl)CCOCC1)OCc1ccccc1. The van der Waals surface area contributed by atoms with Gasteiger partial charge in [-0.25, -0.2) is 4.79 Å². The van der Waals surface area contributed by atoms with E-state index in [0.29, 0.717) is 26.1 Å². The molecule has 2 rings (SSSR count). The molecule has 1 aliphatic rings. The Kier molecular flexibility index (Phi) is 5.59. The van der Waals surface area contributed by atoms with Crippen LogP contribution in [-0.2, 0) is 20.9 Å². The molecule has 0 aromatic heterocycles. The Bertz CT molecular complexity index is 486. The van der Waals surface area contributed by atoms with Crippen molar-refractivity contribution in [3.63, 3.8) is 0 Å². The number of halogens is 1. The maximum Gasteiger partial charge on any atom is 0.408 e. The van der Waals surface area contributed by atoms with E-state index in [2.05, 4.69) is 5.32 Å². The molecule has 114 valence electrons. The molecular formula is C15H18ClNO4. The molecule has 1 amide bonds. The predicted octanol–water partition coefficient (Wildman–Crippen LogP) is 2.27. The van der Waals surface area contributed by atoms with Crippen molar-refractivity contribution >= 4 is 23.5 Å².